The Morgan fingerprint density at radius 3 is 2.74 bits per heavy atom. The van der Waals surface area contributed by atoms with Crippen LogP contribution in [0, 0.1) is 0 Å². The van der Waals surface area contributed by atoms with Crippen molar-refractivity contribution < 1.29 is 9.53 Å². The Kier molecular flexibility index (Phi) is 6.24. The van der Waals surface area contributed by atoms with E-state index < -0.39 is 0 Å². The lowest BCUT2D eigenvalue weighted by molar-refractivity contribution is 0.0957. The van der Waals surface area contributed by atoms with Gasteiger partial charge < -0.3 is 15.8 Å². The quantitative estimate of drug-likeness (QED) is 0.447. The third-order valence-corrected chi connectivity index (χ3v) is 3.39. The number of hydrogen-bond donors (Lipinski definition) is 2. The maximum atomic E-state index is 11.9. The third-order valence-electron chi connectivity index (χ3n) is 3.39. The van der Waals surface area contributed by atoms with E-state index in [0.29, 0.717) is 30.2 Å². The number of aryl methyl sites for hydroxylation is 1. The van der Waals surface area contributed by atoms with Crippen LogP contribution in [0.1, 0.15) is 22.3 Å². The second-order valence-electron chi connectivity index (χ2n) is 5.19. The van der Waals surface area contributed by atoms with E-state index in [-0.39, 0.29) is 5.91 Å². The zero-order valence-corrected chi connectivity index (χ0v) is 13.1. The van der Waals surface area contributed by atoms with Gasteiger partial charge in [-0.05, 0) is 36.6 Å². The molecule has 0 spiro atoms. The van der Waals surface area contributed by atoms with Crippen LogP contribution in [0.5, 0.6) is 5.75 Å². The largest absolute Gasteiger partial charge is 0.491 e. The summed E-state index contributed by atoms with van der Waals surface area (Å²) in [6, 6.07) is 15.3. The van der Waals surface area contributed by atoms with Crippen LogP contribution in [-0.2, 0) is 6.42 Å². The average molecular weight is 310 g/mol. The van der Waals surface area contributed by atoms with E-state index in [1.807, 2.05) is 18.2 Å². The average Bonchev–Trinajstić information content (AvgIpc) is 2.59. The molecule has 2 aromatic carbocycles. The van der Waals surface area contributed by atoms with Crippen molar-refractivity contribution in [3.05, 3.63) is 72.3 Å². The van der Waals surface area contributed by atoms with Gasteiger partial charge in [0.1, 0.15) is 5.75 Å². The van der Waals surface area contributed by atoms with Crippen LogP contribution < -0.4 is 15.8 Å². The number of anilines is 1. The summed E-state index contributed by atoms with van der Waals surface area (Å²) in [7, 11) is 0. The van der Waals surface area contributed by atoms with E-state index in [9.17, 15) is 4.79 Å². The van der Waals surface area contributed by atoms with Crippen molar-refractivity contribution in [2.24, 2.45) is 0 Å². The van der Waals surface area contributed by atoms with Gasteiger partial charge in [-0.15, -0.1) is 6.58 Å². The van der Waals surface area contributed by atoms with Crippen LogP contribution in [0.4, 0.5) is 5.69 Å². The molecule has 0 bridgehead atoms. The van der Waals surface area contributed by atoms with Crippen LogP contribution >= 0.6 is 0 Å². The lowest BCUT2D eigenvalue weighted by atomic mass is 10.1. The van der Waals surface area contributed by atoms with Crippen LogP contribution in [0.25, 0.3) is 0 Å². The summed E-state index contributed by atoms with van der Waals surface area (Å²) in [6.07, 6.45) is 3.47. The standard InChI is InChI=1S/C19H22N2O2/c1-2-12-21-19(22)16-10-11-17(20)18(14-16)23-13-6-9-15-7-4-3-5-8-15/h2-5,7-8,10-11,14H,1,6,9,12-13,20H2,(H,21,22). The molecule has 0 saturated carbocycles. The molecule has 4 nitrogen and oxygen atoms in total. The molecular formula is C19H22N2O2. The maximum Gasteiger partial charge on any atom is 0.251 e. The van der Waals surface area contributed by atoms with Crippen molar-refractivity contribution in [1.29, 1.82) is 0 Å². The van der Waals surface area contributed by atoms with Gasteiger partial charge in [0.15, 0.2) is 0 Å². The van der Waals surface area contributed by atoms with Crippen molar-refractivity contribution in [1.82, 2.24) is 5.32 Å². The number of rotatable bonds is 8. The van der Waals surface area contributed by atoms with Gasteiger partial charge in [-0.1, -0.05) is 36.4 Å². The number of carbonyl (C=O) groups excluding carboxylic acids is 1. The zero-order chi connectivity index (χ0) is 16.5. The molecule has 1 amide bonds. The minimum Gasteiger partial charge on any atom is -0.491 e. The minimum absolute atomic E-state index is 0.168. The molecule has 2 rings (SSSR count). The molecule has 2 aromatic rings. The van der Waals surface area contributed by atoms with Gasteiger partial charge >= 0.3 is 0 Å². The highest BCUT2D eigenvalue weighted by Gasteiger charge is 2.08. The Balaban J connectivity index is 1.88. The van der Waals surface area contributed by atoms with E-state index in [1.54, 1.807) is 24.3 Å². The Morgan fingerprint density at radius 1 is 1.22 bits per heavy atom. The summed E-state index contributed by atoms with van der Waals surface area (Å²) in [4.78, 5) is 11.9. The van der Waals surface area contributed by atoms with Crippen molar-refractivity contribution in [3.8, 4) is 5.75 Å². The van der Waals surface area contributed by atoms with Gasteiger partial charge in [0, 0.05) is 12.1 Å². The summed E-state index contributed by atoms with van der Waals surface area (Å²) >= 11 is 0. The van der Waals surface area contributed by atoms with E-state index in [4.69, 9.17) is 10.5 Å². The first kappa shape index (κ1) is 16.6. The fourth-order valence-corrected chi connectivity index (χ4v) is 2.17. The first-order valence-electron chi connectivity index (χ1n) is 7.66. The number of amides is 1. The Labute approximate surface area is 137 Å². The second kappa shape index (κ2) is 8.63. The first-order chi connectivity index (χ1) is 11.2. The molecule has 0 fully saturated rings. The summed E-state index contributed by atoms with van der Waals surface area (Å²) in [5, 5.41) is 2.73. The van der Waals surface area contributed by atoms with E-state index >= 15 is 0 Å². The molecular weight excluding hydrogens is 288 g/mol. The van der Waals surface area contributed by atoms with Crippen LogP contribution in [0.2, 0.25) is 0 Å². The van der Waals surface area contributed by atoms with Gasteiger partial charge in [0.2, 0.25) is 0 Å². The van der Waals surface area contributed by atoms with Gasteiger partial charge in [0.05, 0.1) is 12.3 Å². The summed E-state index contributed by atoms with van der Waals surface area (Å²) in [5.41, 5.74) is 8.25. The van der Waals surface area contributed by atoms with Crippen LogP contribution in [0.15, 0.2) is 61.2 Å². The number of carbonyl (C=O) groups is 1. The number of nitrogen functional groups attached to an aromatic ring is 1. The molecule has 0 aliphatic carbocycles. The molecule has 0 aliphatic heterocycles. The monoisotopic (exact) mass is 310 g/mol. The molecule has 120 valence electrons. The highest BCUT2D eigenvalue weighted by atomic mass is 16.5. The molecule has 0 atom stereocenters. The number of ether oxygens (including phenoxy) is 1. The summed E-state index contributed by atoms with van der Waals surface area (Å²) < 4.78 is 5.73. The lowest BCUT2D eigenvalue weighted by Gasteiger charge is -2.11. The Bertz CT molecular complexity index is 654. The van der Waals surface area contributed by atoms with Crippen molar-refractivity contribution in [3.63, 3.8) is 0 Å². The van der Waals surface area contributed by atoms with E-state index in [2.05, 4.69) is 24.0 Å². The molecule has 0 aliphatic rings. The molecule has 0 unspecified atom stereocenters. The summed E-state index contributed by atoms with van der Waals surface area (Å²) in [6.45, 7) is 4.55. The van der Waals surface area contributed by atoms with Crippen molar-refractivity contribution in [2.45, 2.75) is 12.8 Å². The van der Waals surface area contributed by atoms with Crippen molar-refractivity contribution in [2.75, 3.05) is 18.9 Å². The van der Waals surface area contributed by atoms with Crippen LogP contribution in [0.3, 0.4) is 0 Å². The SMILES string of the molecule is C=CCNC(=O)c1ccc(N)c(OCCCc2ccccc2)c1. The van der Waals surface area contributed by atoms with Gasteiger partial charge in [-0.2, -0.15) is 0 Å². The number of nitrogens with one attached hydrogen (secondary N) is 1. The highest BCUT2D eigenvalue weighted by molar-refractivity contribution is 5.95. The van der Waals surface area contributed by atoms with E-state index in [1.165, 1.54) is 5.56 Å². The zero-order valence-electron chi connectivity index (χ0n) is 13.1. The predicted molar refractivity (Wildman–Crippen MR) is 93.6 cm³/mol. The molecule has 0 radical (unpaired) electrons. The third kappa shape index (κ3) is 5.18. The fourth-order valence-electron chi connectivity index (χ4n) is 2.17. The fraction of sp³-hybridized carbons (Fsp3) is 0.211. The number of benzene rings is 2. The molecule has 0 heterocycles. The highest BCUT2D eigenvalue weighted by Crippen LogP contribution is 2.23. The predicted octanol–water partition coefficient (Wildman–Crippen LogP) is 3.20. The van der Waals surface area contributed by atoms with Gasteiger partial charge in [0.25, 0.3) is 5.91 Å². The lowest BCUT2D eigenvalue weighted by Crippen LogP contribution is -2.23. The molecule has 0 aromatic heterocycles. The number of hydrogen-bond acceptors (Lipinski definition) is 3. The molecule has 0 saturated heterocycles. The minimum atomic E-state index is -0.168. The smallest absolute Gasteiger partial charge is 0.251 e. The molecule has 23 heavy (non-hydrogen) atoms. The van der Waals surface area contributed by atoms with Crippen LogP contribution in [-0.4, -0.2) is 19.1 Å². The second-order valence-corrected chi connectivity index (χ2v) is 5.19. The molecule has 4 heteroatoms. The number of nitrogens with two attached hydrogens (primary N) is 1. The van der Waals surface area contributed by atoms with E-state index in [0.717, 1.165) is 12.8 Å². The van der Waals surface area contributed by atoms with Gasteiger partial charge in [-0.25, -0.2) is 0 Å². The first-order valence-corrected chi connectivity index (χ1v) is 7.66. The van der Waals surface area contributed by atoms with Gasteiger partial charge in [-0.3, -0.25) is 4.79 Å². The Hall–Kier alpha value is -2.75. The maximum absolute atomic E-state index is 11.9. The Morgan fingerprint density at radius 2 is 2.00 bits per heavy atom. The summed E-state index contributed by atoms with van der Waals surface area (Å²) in [5.74, 6) is 0.378. The van der Waals surface area contributed by atoms with Crippen molar-refractivity contribution >= 4 is 11.6 Å². The topological polar surface area (TPSA) is 64.4 Å². The molecule has 3 N–H and O–H groups in total. The normalized spacial score (nSPS) is 10.1.